The smallest absolute Gasteiger partial charge is 0.325 e. The minimum atomic E-state index is -3.81. The molecule has 2 amide bonds. The Balaban J connectivity index is 2.01. The highest BCUT2D eigenvalue weighted by Gasteiger charge is 2.22. The monoisotopic (exact) mass is 542 g/mol. The third kappa shape index (κ3) is 6.47. The van der Waals surface area contributed by atoms with Gasteiger partial charge in [-0.2, -0.15) is 9.30 Å². The van der Waals surface area contributed by atoms with Crippen LogP contribution in [-0.4, -0.2) is 55.3 Å². The molecule has 194 valence electrons. The van der Waals surface area contributed by atoms with E-state index in [0.29, 0.717) is 15.9 Å². The normalized spacial score (nSPS) is 11.9. The molecule has 3 aromatic rings. The van der Waals surface area contributed by atoms with Gasteiger partial charge in [0.15, 0.2) is 4.80 Å². The van der Waals surface area contributed by atoms with E-state index < -0.39 is 21.9 Å². The molecule has 0 bridgehead atoms. The molecule has 0 radical (unpaired) electrons. The van der Waals surface area contributed by atoms with Gasteiger partial charge in [-0.15, -0.1) is 13.2 Å². The lowest BCUT2D eigenvalue weighted by molar-refractivity contribution is -0.141. The van der Waals surface area contributed by atoms with Crippen molar-refractivity contribution in [2.75, 3.05) is 25.5 Å². The number of carbonyl (C=O) groups excluding carboxylic acids is 3. The van der Waals surface area contributed by atoms with E-state index in [1.165, 1.54) is 54.8 Å². The first-order chi connectivity index (χ1) is 17.6. The third-order valence-corrected chi connectivity index (χ3v) is 8.01. The first-order valence-corrected chi connectivity index (χ1v) is 13.2. The zero-order chi connectivity index (χ0) is 27.2. The number of hydrogen-bond donors (Lipinski definition) is 1. The van der Waals surface area contributed by atoms with Crippen molar-refractivity contribution in [2.24, 2.45) is 4.99 Å². The number of esters is 1. The van der Waals surface area contributed by atoms with Crippen LogP contribution in [0.15, 0.2) is 77.7 Å². The van der Waals surface area contributed by atoms with Crippen molar-refractivity contribution in [2.45, 2.75) is 18.4 Å². The molecular weight excluding hydrogens is 516 g/mol. The number of thiazole rings is 1. The number of methoxy groups -OCH3 is 1. The van der Waals surface area contributed by atoms with Crippen LogP contribution in [0.4, 0.5) is 5.69 Å². The molecule has 2 aromatic carbocycles. The summed E-state index contributed by atoms with van der Waals surface area (Å²) >= 11 is 1.16. The Morgan fingerprint density at radius 3 is 2.32 bits per heavy atom. The van der Waals surface area contributed by atoms with Crippen molar-refractivity contribution in [3.63, 3.8) is 0 Å². The Kier molecular flexibility index (Phi) is 8.92. The number of nitrogens with one attached hydrogen (secondary N) is 1. The summed E-state index contributed by atoms with van der Waals surface area (Å²) in [5.74, 6) is -1.39. The zero-order valence-electron chi connectivity index (χ0n) is 20.3. The molecule has 37 heavy (non-hydrogen) atoms. The van der Waals surface area contributed by atoms with Gasteiger partial charge in [-0.3, -0.25) is 14.4 Å². The van der Waals surface area contributed by atoms with Crippen LogP contribution in [0.1, 0.15) is 17.3 Å². The Hall–Kier alpha value is -3.87. The van der Waals surface area contributed by atoms with Crippen molar-refractivity contribution in [1.82, 2.24) is 8.87 Å². The lowest BCUT2D eigenvalue weighted by atomic mass is 10.2. The number of benzene rings is 2. The summed E-state index contributed by atoms with van der Waals surface area (Å²) < 4.78 is 34.0. The van der Waals surface area contributed by atoms with Gasteiger partial charge in [0.1, 0.15) is 6.54 Å². The lowest BCUT2D eigenvalue weighted by Crippen LogP contribution is -2.31. The number of anilines is 1. The molecule has 12 heteroatoms. The number of ether oxygens (including phenoxy) is 1. The average Bonchev–Trinajstić information content (AvgIpc) is 3.19. The fourth-order valence-corrected chi connectivity index (χ4v) is 5.86. The molecule has 0 saturated carbocycles. The van der Waals surface area contributed by atoms with Gasteiger partial charge in [0.2, 0.25) is 15.9 Å². The van der Waals surface area contributed by atoms with Crippen molar-refractivity contribution in [3.8, 4) is 0 Å². The van der Waals surface area contributed by atoms with Crippen LogP contribution in [0, 0.1) is 0 Å². The summed E-state index contributed by atoms with van der Waals surface area (Å²) in [6.07, 6.45) is 2.96. The van der Waals surface area contributed by atoms with E-state index in [2.05, 4.69) is 23.5 Å². The van der Waals surface area contributed by atoms with Crippen molar-refractivity contribution in [1.29, 1.82) is 0 Å². The molecule has 0 fully saturated rings. The van der Waals surface area contributed by atoms with Crippen LogP contribution in [0.25, 0.3) is 10.2 Å². The highest BCUT2D eigenvalue weighted by Crippen LogP contribution is 2.23. The van der Waals surface area contributed by atoms with E-state index in [1.807, 2.05) is 0 Å². The second-order valence-electron chi connectivity index (χ2n) is 7.75. The number of carbonyl (C=O) groups is 3. The summed E-state index contributed by atoms with van der Waals surface area (Å²) in [5.41, 5.74) is 1.35. The van der Waals surface area contributed by atoms with Gasteiger partial charge in [-0.25, -0.2) is 8.42 Å². The molecule has 1 N–H and O–H groups in total. The molecule has 0 unspecified atom stereocenters. The lowest BCUT2D eigenvalue weighted by Gasteiger charge is -2.19. The van der Waals surface area contributed by atoms with Gasteiger partial charge in [0.05, 0.1) is 22.2 Å². The zero-order valence-corrected chi connectivity index (χ0v) is 22.0. The SMILES string of the molecule is C=CCN(CC=C)S(=O)(=O)c1ccc(C(=O)N=c2sc3cc(NC(C)=O)ccc3n2CC(=O)OC)cc1. The van der Waals surface area contributed by atoms with Crippen LogP contribution in [0.5, 0.6) is 0 Å². The van der Waals surface area contributed by atoms with Gasteiger partial charge in [0, 0.05) is 31.3 Å². The van der Waals surface area contributed by atoms with E-state index >= 15 is 0 Å². The Morgan fingerprint density at radius 1 is 1.11 bits per heavy atom. The number of hydrogen-bond acceptors (Lipinski definition) is 7. The van der Waals surface area contributed by atoms with Gasteiger partial charge in [-0.05, 0) is 42.5 Å². The number of fused-ring (bicyclic) bond motifs is 1. The van der Waals surface area contributed by atoms with Crippen LogP contribution in [-0.2, 0) is 30.9 Å². The van der Waals surface area contributed by atoms with E-state index in [-0.39, 0.29) is 40.8 Å². The molecule has 0 spiro atoms. The van der Waals surface area contributed by atoms with Crippen LogP contribution in [0.2, 0.25) is 0 Å². The Bertz CT molecular complexity index is 1530. The fraction of sp³-hybridized carbons (Fsp3) is 0.200. The van der Waals surface area contributed by atoms with E-state index in [4.69, 9.17) is 4.74 Å². The topological polar surface area (TPSA) is 127 Å². The highest BCUT2D eigenvalue weighted by atomic mass is 32.2. The predicted octanol–water partition coefficient (Wildman–Crippen LogP) is 2.94. The summed E-state index contributed by atoms with van der Waals surface area (Å²) in [6, 6.07) is 10.5. The molecular formula is C25H26N4O6S2. The Morgan fingerprint density at radius 2 is 1.76 bits per heavy atom. The van der Waals surface area contributed by atoms with Gasteiger partial charge >= 0.3 is 5.97 Å². The maximum Gasteiger partial charge on any atom is 0.325 e. The molecule has 0 atom stereocenters. The summed E-state index contributed by atoms with van der Waals surface area (Å²) in [7, 11) is -2.56. The van der Waals surface area contributed by atoms with E-state index in [1.54, 1.807) is 22.8 Å². The highest BCUT2D eigenvalue weighted by molar-refractivity contribution is 7.89. The summed E-state index contributed by atoms with van der Waals surface area (Å²) in [6.45, 7) is 8.60. The number of sulfonamides is 1. The van der Waals surface area contributed by atoms with Crippen LogP contribution >= 0.6 is 11.3 Å². The summed E-state index contributed by atoms with van der Waals surface area (Å²) in [4.78, 5) is 40.9. The molecule has 0 aliphatic rings. The molecule has 0 aliphatic carbocycles. The first kappa shape index (κ1) is 27.7. The molecule has 10 nitrogen and oxygen atoms in total. The minimum Gasteiger partial charge on any atom is -0.468 e. The number of aromatic nitrogens is 1. The maximum absolute atomic E-state index is 13.0. The van der Waals surface area contributed by atoms with Crippen molar-refractivity contribution < 1.29 is 27.5 Å². The largest absolute Gasteiger partial charge is 0.468 e. The average molecular weight is 543 g/mol. The predicted molar refractivity (Wildman–Crippen MR) is 142 cm³/mol. The second-order valence-corrected chi connectivity index (χ2v) is 10.7. The van der Waals surface area contributed by atoms with Crippen LogP contribution in [0.3, 0.4) is 0 Å². The van der Waals surface area contributed by atoms with E-state index in [0.717, 1.165) is 11.3 Å². The number of amides is 2. The van der Waals surface area contributed by atoms with Gasteiger partial charge < -0.3 is 14.6 Å². The maximum atomic E-state index is 13.0. The van der Waals surface area contributed by atoms with E-state index in [9.17, 15) is 22.8 Å². The van der Waals surface area contributed by atoms with Crippen LogP contribution < -0.4 is 10.1 Å². The van der Waals surface area contributed by atoms with Crippen molar-refractivity contribution in [3.05, 3.63) is 78.1 Å². The molecule has 1 aromatic heterocycles. The number of rotatable bonds is 10. The molecule has 3 rings (SSSR count). The summed E-state index contributed by atoms with van der Waals surface area (Å²) in [5, 5.41) is 2.69. The second kappa shape index (κ2) is 11.9. The molecule has 0 aliphatic heterocycles. The molecule has 1 heterocycles. The quantitative estimate of drug-likeness (QED) is 0.310. The third-order valence-electron chi connectivity index (χ3n) is 5.12. The van der Waals surface area contributed by atoms with Gasteiger partial charge in [0.25, 0.3) is 5.91 Å². The number of nitrogens with zero attached hydrogens (tertiary/aromatic N) is 3. The standard InChI is InChI=1S/C25H26N4O6S2/c1-5-13-28(14-6-2)37(33,34)20-10-7-18(8-11-20)24(32)27-25-29(16-23(31)35-4)21-12-9-19(26-17(3)30)15-22(21)36-25/h5-12,15H,1-2,13-14,16H2,3-4H3,(H,26,30). The first-order valence-electron chi connectivity index (χ1n) is 11.0. The van der Waals surface area contributed by atoms with Gasteiger partial charge in [-0.1, -0.05) is 23.5 Å². The van der Waals surface area contributed by atoms with Crippen molar-refractivity contribution >= 4 is 55.0 Å². The fourth-order valence-electron chi connectivity index (χ4n) is 3.41. The molecule has 0 saturated heterocycles. The Labute approximate surface area is 218 Å². The minimum absolute atomic E-state index is 0.0147.